The van der Waals surface area contributed by atoms with E-state index in [0.29, 0.717) is 0 Å². The Kier molecular flexibility index (Phi) is 5.38. The third-order valence-corrected chi connectivity index (χ3v) is 20.2. The van der Waals surface area contributed by atoms with Crippen molar-refractivity contribution < 1.29 is 0 Å². The zero-order valence-electron chi connectivity index (χ0n) is 14.8. The molecule has 0 spiro atoms. The highest BCUT2D eigenvalue weighted by Crippen LogP contribution is 2.41. The second-order valence-corrected chi connectivity index (χ2v) is 17.1. The summed E-state index contributed by atoms with van der Waals surface area (Å²) in [5.74, 6) is 0. The van der Waals surface area contributed by atoms with E-state index in [1.54, 1.807) is 0 Å². The minimum absolute atomic E-state index is 1.31. The van der Waals surface area contributed by atoms with Gasteiger partial charge in [0.15, 0.2) is 0 Å². The van der Waals surface area contributed by atoms with Gasteiger partial charge < -0.3 is 0 Å². The smallest absolute Gasteiger partial charge is 0.125 e. The molecule has 0 nitrogen and oxygen atoms in total. The van der Waals surface area contributed by atoms with Crippen molar-refractivity contribution in [2.45, 2.75) is 78.6 Å². The topological polar surface area (TPSA) is 0 Å². The first-order chi connectivity index (χ1) is 10.1. The summed E-state index contributed by atoms with van der Waals surface area (Å²) in [7, 11) is -2.81. The van der Waals surface area contributed by atoms with Crippen LogP contribution in [0.1, 0.15) is 54.4 Å². The largest absolute Gasteiger partial charge is 0.153 e. The van der Waals surface area contributed by atoms with E-state index in [9.17, 15) is 0 Å². The molecule has 1 aromatic rings. The Morgan fingerprint density at radius 2 is 1.24 bits per heavy atom. The summed E-state index contributed by atoms with van der Waals surface area (Å²) in [6.07, 6.45) is 2.62. The minimum Gasteiger partial charge on any atom is -0.153 e. The van der Waals surface area contributed by atoms with Crippen molar-refractivity contribution in [2.24, 2.45) is 0 Å². The van der Waals surface area contributed by atoms with Crippen molar-refractivity contribution in [3.63, 3.8) is 0 Å². The molecule has 0 amide bonds. The van der Waals surface area contributed by atoms with Gasteiger partial charge in [-0.1, -0.05) is 82.2 Å². The number of fused-ring (bicyclic) bond motifs is 1. The molecular weight excluding hydrogens is 304 g/mol. The molecule has 0 atom stereocenters. The van der Waals surface area contributed by atoms with E-state index in [1.165, 1.54) is 37.0 Å². The molecule has 0 saturated heterocycles. The van der Waals surface area contributed by atoms with Crippen molar-refractivity contribution in [3.8, 4) is 0 Å². The van der Waals surface area contributed by atoms with Crippen molar-refractivity contribution in [3.05, 3.63) is 21.8 Å². The Morgan fingerprint density at radius 1 is 0.762 bits per heavy atom. The molecule has 1 aliphatic rings. The van der Waals surface area contributed by atoms with Gasteiger partial charge in [0.2, 0.25) is 0 Å². The van der Waals surface area contributed by atoms with E-state index in [4.69, 9.17) is 0 Å². The molecule has 0 aliphatic carbocycles. The Hall–Kier alpha value is -0.126. The normalized spacial score (nSPS) is 19.7. The minimum atomic E-state index is -1.41. The van der Waals surface area contributed by atoms with E-state index >= 15 is 0 Å². The lowest BCUT2D eigenvalue weighted by atomic mass is 10.3. The van der Waals surface area contributed by atoms with Crippen LogP contribution in [0.25, 0.3) is 0 Å². The van der Waals surface area contributed by atoms with Gasteiger partial charge in [0, 0.05) is 0 Å². The average Bonchev–Trinajstić information content (AvgIpc) is 3.03. The summed E-state index contributed by atoms with van der Waals surface area (Å²) in [5.41, 5.74) is 0. The highest BCUT2D eigenvalue weighted by atomic mass is 32.1. The molecule has 0 saturated carbocycles. The summed E-state index contributed by atoms with van der Waals surface area (Å²) >= 11 is 2.11. The van der Waals surface area contributed by atoms with E-state index in [0.717, 1.165) is 0 Å². The maximum atomic E-state index is 2.54. The van der Waals surface area contributed by atoms with Crippen LogP contribution >= 0.6 is 11.3 Å². The van der Waals surface area contributed by atoms with Crippen molar-refractivity contribution in [1.29, 1.82) is 0 Å². The third-order valence-electron chi connectivity index (χ3n) is 6.26. The fourth-order valence-electron chi connectivity index (χ4n) is 5.09. The Bertz CT molecular complexity index is 475. The van der Waals surface area contributed by atoms with Gasteiger partial charge in [-0.25, -0.2) is 0 Å². The fraction of sp³-hybridized carbons (Fsp3) is 0.667. The van der Waals surface area contributed by atoms with Crippen LogP contribution in [-0.4, -0.2) is 16.1 Å². The van der Waals surface area contributed by atoms with Crippen LogP contribution in [0.5, 0.6) is 0 Å². The molecule has 2 heterocycles. The molecule has 0 fully saturated rings. The van der Waals surface area contributed by atoms with Crippen LogP contribution in [-0.2, 0) is 0 Å². The molecule has 0 aromatic carbocycles. The first kappa shape index (κ1) is 17.2. The van der Waals surface area contributed by atoms with E-state index in [2.05, 4.69) is 64.3 Å². The number of rotatable bonds is 6. The lowest BCUT2D eigenvalue weighted by Crippen LogP contribution is -2.67. The van der Waals surface area contributed by atoms with Gasteiger partial charge in [0.25, 0.3) is 0 Å². The maximum absolute atomic E-state index is 2.54. The number of thiophene rings is 1. The zero-order chi connectivity index (χ0) is 15.7. The van der Waals surface area contributed by atoms with Crippen LogP contribution in [0, 0.1) is 0 Å². The summed E-state index contributed by atoms with van der Waals surface area (Å²) in [6, 6.07) is 8.15. The molecule has 0 radical (unpaired) electrons. The Balaban J connectivity index is 2.86. The number of hydrogen-bond acceptors (Lipinski definition) is 1. The second-order valence-electron chi connectivity index (χ2n) is 6.41. The molecule has 0 bridgehead atoms. The predicted molar refractivity (Wildman–Crippen MR) is 105 cm³/mol. The van der Waals surface area contributed by atoms with Crippen LogP contribution in [0.4, 0.5) is 0 Å². The molecule has 2 rings (SSSR count). The van der Waals surface area contributed by atoms with Crippen LogP contribution < -0.4 is 9.69 Å². The van der Waals surface area contributed by atoms with Crippen molar-refractivity contribution in [2.75, 3.05) is 0 Å². The SMILES string of the molecule is CCC1=C(CC)[Si](CC)(CC)c2sccc2[Si]1(CC)CC. The second kappa shape index (κ2) is 6.55. The van der Waals surface area contributed by atoms with Crippen molar-refractivity contribution in [1.82, 2.24) is 0 Å². The zero-order valence-corrected chi connectivity index (χ0v) is 17.6. The standard InChI is InChI=1S/C18H32SSi2/c1-7-15-16(8-2)21(11-5,12-6)18-17(13-14-19-18)20(15,9-3)10-4/h13-14H,7-12H2,1-6H3. The van der Waals surface area contributed by atoms with Gasteiger partial charge in [-0.05, 0) is 27.9 Å². The van der Waals surface area contributed by atoms with E-state index in [-0.39, 0.29) is 0 Å². The third kappa shape index (κ3) is 2.19. The predicted octanol–water partition coefficient (Wildman–Crippen LogP) is 5.35. The van der Waals surface area contributed by atoms with Gasteiger partial charge in [-0.2, -0.15) is 11.3 Å². The van der Waals surface area contributed by atoms with Gasteiger partial charge in [0.05, 0.1) is 0 Å². The highest BCUT2D eigenvalue weighted by Gasteiger charge is 2.50. The molecule has 1 aliphatic heterocycles. The molecule has 21 heavy (non-hydrogen) atoms. The quantitative estimate of drug-likeness (QED) is 0.614. The molecule has 1 aromatic heterocycles. The van der Waals surface area contributed by atoms with Crippen LogP contribution in [0.15, 0.2) is 21.8 Å². The van der Waals surface area contributed by atoms with Crippen LogP contribution in [0.3, 0.4) is 0 Å². The molecular formula is C18H32SSi2. The maximum Gasteiger partial charge on any atom is 0.125 e. The average molecular weight is 337 g/mol. The molecule has 0 unspecified atom stereocenters. The summed E-state index contributed by atoms with van der Waals surface area (Å²) in [6.45, 7) is 14.7. The summed E-state index contributed by atoms with van der Waals surface area (Å²) in [5, 5.41) is 8.22. The van der Waals surface area contributed by atoms with E-state index in [1.807, 2.05) is 20.1 Å². The highest BCUT2D eigenvalue weighted by molar-refractivity contribution is 7.31. The van der Waals surface area contributed by atoms with Gasteiger partial charge in [-0.15, -0.1) is 0 Å². The summed E-state index contributed by atoms with van der Waals surface area (Å²) in [4.78, 5) is 0. The Morgan fingerprint density at radius 3 is 1.67 bits per heavy atom. The Labute approximate surface area is 137 Å². The van der Waals surface area contributed by atoms with Crippen LogP contribution in [0.2, 0.25) is 24.2 Å². The first-order valence-corrected chi connectivity index (χ1v) is 14.6. The van der Waals surface area contributed by atoms with Gasteiger partial charge in [0.1, 0.15) is 16.1 Å². The van der Waals surface area contributed by atoms with Gasteiger partial charge >= 0.3 is 0 Å². The molecule has 0 N–H and O–H groups in total. The monoisotopic (exact) mass is 336 g/mol. The van der Waals surface area contributed by atoms with Crippen molar-refractivity contribution >= 4 is 37.2 Å². The fourth-order valence-corrected chi connectivity index (χ4v) is 20.7. The van der Waals surface area contributed by atoms with E-state index < -0.39 is 16.1 Å². The number of allylic oxidation sites excluding steroid dienone is 2. The summed E-state index contributed by atoms with van der Waals surface area (Å²) < 4.78 is 1.89. The molecule has 3 heteroatoms. The van der Waals surface area contributed by atoms with Gasteiger partial charge in [-0.3, -0.25) is 0 Å². The first-order valence-electron chi connectivity index (χ1n) is 8.93. The lowest BCUT2D eigenvalue weighted by Gasteiger charge is -2.47. The molecule has 118 valence electrons. The lowest BCUT2D eigenvalue weighted by molar-refractivity contribution is 1.04. The number of hydrogen-bond donors (Lipinski definition) is 0.